The Bertz CT molecular complexity index is 537. The molecular formula is C14H12ClF2N. The molecule has 1 N–H and O–H groups in total. The van der Waals surface area contributed by atoms with Crippen molar-refractivity contribution in [2.24, 2.45) is 0 Å². The zero-order valence-corrected chi connectivity index (χ0v) is 10.5. The number of halogens is 3. The Balaban J connectivity index is 2.19. The van der Waals surface area contributed by atoms with Crippen molar-refractivity contribution in [1.82, 2.24) is 0 Å². The highest BCUT2D eigenvalue weighted by Crippen LogP contribution is 2.22. The molecule has 1 atom stereocenters. The van der Waals surface area contributed by atoms with E-state index in [2.05, 4.69) is 5.32 Å². The standard InChI is InChI=1S/C14H12ClF2N/c1-9(10-5-12(16)8-13(17)6-10)18-14-4-2-3-11(15)7-14/h2-9,18H,1H3. The second kappa shape index (κ2) is 5.36. The fourth-order valence-electron chi connectivity index (χ4n) is 1.74. The summed E-state index contributed by atoms with van der Waals surface area (Å²) in [5, 5.41) is 3.74. The molecule has 0 aliphatic rings. The first-order valence-corrected chi connectivity index (χ1v) is 5.90. The molecule has 18 heavy (non-hydrogen) atoms. The van der Waals surface area contributed by atoms with Crippen molar-refractivity contribution in [3.05, 3.63) is 64.7 Å². The second-order valence-corrected chi connectivity index (χ2v) is 4.52. The molecule has 0 saturated heterocycles. The predicted octanol–water partition coefficient (Wildman–Crippen LogP) is 4.79. The minimum atomic E-state index is -0.579. The zero-order valence-electron chi connectivity index (χ0n) is 9.75. The van der Waals surface area contributed by atoms with E-state index in [4.69, 9.17) is 11.6 Å². The first-order valence-electron chi connectivity index (χ1n) is 5.53. The Kier molecular flexibility index (Phi) is 3.82. The molecule has 94 valence electrons. The SMILES string of the molecule is CC(Nc1cccc(Cl)c1)c1cc(F)cc(F)c1. The van der Waals surface area contributed by atoms with Crippen molar-refractivity contribution < 1.29 is 8.78 Å². The van der Waals surface area contributed by atoms with Crippen molar-refractivity contribution in [3.8, 4) is 0 Å². The van der Waals surface area contributed by atoms with Gasteiger partial charge in [0.05, 0.1) is 0 Å². The van der Waals surface area contributed by atoms with Crippen LogP contribution < -0.4 is 5.32 Å². The summed E-state index contributed by atoms with van der Waals surface area (Å²) in [4.78, 5) is 0. The molecule has 0 aromatic heterocycles. The summed E-state index contributed by atoms with van der Waals surface area (Å²) in [5.74, 6) is -1.16. The highest BCUT2D eigenvalue weighted by molar-refractivity contribution is 6.30. The van der Waals surface area contributed by atoms with Crippen LogP contribution in [0.3, 0.4) is 0 Å². The van der Waals surface area contributed by atoms with Gasteiger partial charge in [0, 0.05) is 22.8 Å². The molecule has 2 aromatic carbocycles. The summed E-state index contributed by atoms with van der Waals surface area (Å²) in [5.41, 5.74) is 1.35. The monoisotopic (exact) mass is 267 g/mol. The van der Waals surface area contributed by atoms with Crippen LogP contribution in [0.5, 0.6) is 0 Å². The Hall–Kier alpha value is -1.61. The Labute approximate surface area is 109 Å². The molecule has 0 heterocycles. The maximum absolute atomic E-state index is 13.1. The number of nitrogens with one attached hydrogen (secondary N) is 1. The largest absolute Gasteiger partial charge is 0.378 e. The van der Waals surface area contributed by atoms with Crippen LogP contribution in [0.15, 0.2) is 42.5 Å². The molecule has 0 amide bonds. The summed E-state index contributed by atoms with van der Waals surface area (Å²) >= 11 is 5.86. The van der Waals surface area contributed by atoms with Gasteiger partial charge in [0.15, 0.2) is 0 Å². The van der Waals surface area contributed by atoms with Crippen molar-refractivity contribution in [3.63, 3.8) is 0 Å². The number of rotatable bonds is 3. The normalized spacial score (nSPS) is 12.2. The van der Waals surface area contributed by atoms with Gasteiger partial charge in [-0.15, -0.1) is 0 Å². The zero-order chi connectivity index (χ0) is 13.1. The van der Waals surface area contributed by atoms with Gasteiger partial charge < -0.3 is 5.32 Å². The quantitative estimate of drug-likeness (QED) is 0.843. The minimum Gasteiger partial charge on any atom is -0.378 e. The molecule has 4 heteroatoms. The molecule has 0 saturated carbocycles. The lowest BCUT2D eigenvalue weighted by Crippen LogP contribution is -2.07. The van der Waals surface area contributed by atoms with Crippen molar-refractivity contribution in [2.75, 3.05) is 5.32 Å². The van der Waals surface area contributed by atoms with E-state index < -0.39 is 11.6 Å². The van der Waals surface area contributed by atoms with Gasteiger partial charge >= 0.3 is 0 Å². The Morgan fingerprint density at radius 1 is 1.06 bits per heavy atom. The molecule has 1 unspecified atom stereocenters. The number of benzene rings is 2. The number of hydrogen-bond acceptors (Lipinski definition) is 1. The van der Waals surface area contributed by atoms with E-state index in [1.165, 1.54) is 12.1 Å². The van der Waals surface area contributed by atoms with Crippen LogP contribution in [0, 0.1) is 11.6 Å². The van der Waals surface area contributed by atoms with E-state index in [9.17, 15) is 8.78 Å². The molecule has 0 radical (unpaired) electrons. The average Bonchev–Trinajstić information content (AvgIpc) is 2.27. The van der Waals surface area contributed by atoms with Crippen LogP contribution in [-0.4, -0.2) is 0 Å². The topological polar surface area (TPSA) is 12.0 Å². The van der Waals surface area contributed by atoms with E-state index in [1.54, 1.807) is 12.1 Å². The van der Waals surface area contributed by atoms with Crippen LogP contribution in [0.1, 0.15) is 18.5 Å². The molecule has 1 nitrogen and oxygen atoms in total. The van der Waals surface area contributed by atoms with Gasteiger partial charge in [0.2, 0.25) is 0 Å². The lowest BCUT2D eigenvalue weighted by atomic mass is 10.1. The van der Waals surface area contributed by atoms with Crippen LogP contribution in [0.25, 0.3) is 0 Å². The van der Waals surface area contributed by atoms with E-state index in [-0.39, 0.29) is 6.04 Å². The molecule has 0 bridgehead atoms. The highest BCUT2D eigenvalue weighted by atomic mass is 35.5. The molecule has 0 aliphatic heterocycles. The summed E-state index contributed by atoms with van der Waals surface area (Å²) in [6.07, 6.45) is 0. The van der Waals surface area contributed by atoms with E-state index >= 15 is 0 Å². The van der Waals surface area contributed by atoms with Crippen LogP contribution in [0.2, 0.25) is 5.02 Å². The minimum absolute atomic E-state index is 0.214. The van der Waals surface area contributed by atoms with Gasteiger partial charge in [-0.25, -0.2) is 8.78 Å². The van der Waals surface area contributed by atoms with Crippen molar-refractivity contribution in [2.45, 2.75) is 13.0 Å². The van der Waals surface area contributed by atoms with E-state index in [0.717, 1.165) is 11.8 Å². The fraction of sp³-hybridized carbons (Fsp3) is 0.143. The number of hydrogen-bond donors (Lipinski definition) is 1. The van der Waals surface area contributed by atoms with Gasteiger partial charge in [-0.2, -0.15) is 0 Å². The van der Waals surface area contributed by atoms with Crippen LogP contribution in [0.4, 0.5) is 14.5 Å². The van der Waals surface area contributed by atoms with Crippen molar-refractivity contribution in [1.29, 1.82) is 0 Å². The maximum Gasteiger partial charge on any atom is 0.126 e. The van der Waals surface area contributed by atoms with Crippen LogP contribution in [-0.2, 0) is 0 Å². The second-order valence-electron chi connectivity index (χ2n) is 4.08. The lowest BCUT2D eigenvalue weighted by molar-refractivity contribution is 0.577. The first kappa shape index (κ1) is 12.8. The molecule has 0 spiro atoms. The molecule has 2 rings (SSSR count). The molecule has 2 aromatic rings. The average molecular weight is 268 g/mol. The molecule has 0 fully saturated rings. The van der Waals surface area contributed by atoms with E-state index in [1.807, 2.05) is 19.1 Å². The lowest BCUT2D eigenvalue weighted by Gasteiger charge is -2.16. The summed E-state index contributed by atoms with van der Waals surface area (Å²) in [6, 6.07) is 10.4. The molecular weight excluding hydrogens is 256 g/mol. The van der Waals surface area contributed by atoms with E-state index in [0.29, 0.717) is 10.6 Å². The van der Waals surface area contributed by atoms with Gasteiger partial charge in [-0.3, -0.25) is 0 Å². The Morgan fingerprint density at radius 2 is 1.72 bits per heavy atom. The maximum atomic E-state index is 13.1. The summed E-state index contributed by atoms with van der Waals surface area (Å²) < 4.78 is 26.2. The fourth-order valence-corrected chi connectivity index (χ4v) is 1.93. The highest BCUT2D eigenvalue weighted by Gasteiger charge is 2.08. The van der Waals surface area contributed by atoms with Gasteiger partial charge in [-0.05, 0) is 42.8 Å². The molecule has 0 aliphatic carbocycles. The van der Waals surface area contributed by atoms with Gasteiger partial charge in [0.1, 0.15) is 11.6 Å². The summed E-state index contributed by atoms with van der Waals surface area (Å²) in [7, 11) is 0. The van der Waals surface area contributed by atoms with Crippen LogP contribution >= 0.6 is 11.6 Å². The third-order valence-corrected chi connectivity index (χ3v) is 2.83. The van der Waals surface area contributed by atoms with Crippen molar-refractivity contribution >= 4 is 17.3 Å². The van der Waals surface area contributed by atoms with Gasteiger partial charge in [-0.1, -0.05) is 17.7 Å². The Morgan fingerprint density at radius 3 is 2.33 bits per heavy atom. The third kappa shape index (κ3) is 3.20. The third-order valence-electron chi connectivity index (χ3n) is 2.59. The number of anilines is 1. The van der Waals surface area contributed by atoms with Gasteiger partial charge in [0.25, 0.3) is 0 Å². The smallest absolute Gasteiger partial charge is 0.126 e. The predicted molar refractivity (Wildman–Crippen MR) is 69.8 cm³/mol. The first-order chi connectivity index (χ1) is 8.54. The summed E-state index contributed by atoms with van der Waals surface area (Å²) in [6.45, 7) is 1.83.